The van der Waals surface area contributed by atoms with E-state index in [-0.39, 0.29) is 5.97 Å². The second-order valence-electron chi connectivity index (χ2n) is 5.30. The SMILES string of the molecule is COC(=O)c1cccc(NC2CCCCCC2)c1C. The summed E-state index contributed by atoms with van der Waals surface area (Å²) in [6, 6.07) is 6.32. The molecule has 0 unspecified atom stereocenters. The van der Waals surface area contributed by atoms with Crippen molar-refractivity contribution in [1.82, 2.24) is 0 Å². The number of hydrogen-bond donors (Lipinski definition) is 1. The van der Waals surface area contributed by atoms with E-state index in [1.807, 2.05) is 25.1 Å². The van der Waals surface area contributed by atoms with Crippen LogP contribution in [0, 0.1) is 6.92 Å². The maximum atomic E-state index is 11.7. The molecule has 3 heteroatoms. The van der Waals surface area contributed by atoms with Gasteiger partial charge in [-0.3, -0.25) is 0 Å². The van der Waals surface area contributed by atoms with E-state index in [0.29, 0.717) is 11.6 Å². The molecule has 0 amide bonds. The molecule has 0 heterocycles. The Balaban J connectivity index is 2.13. The van der Waals surface area contributed by atoms with E-state index >= 15 is 0 Å². The highest BCUT2D eigenvalue weighted by Crippen LogP contribution is 2.25. The summed E-state index contributed by atoms with van der Waals surface area (Å²) in [5.74, 6) is -0.262. The maximum Gasteiger partial charge on any atom is 0.338 e. The molecule has 1 aromatic carbocycles. The van der Waals surface area contributed by atoms with Gasteiger partial charge in [-0.25, -0.2) is 4.79 Å². The lowest BCUT2D eigenvalue weighted by atomic mass is 10.0. The van der Waals surface area contributed by atoms with Crippen molar-refractivity contribution in [3.63, 3.8) is 0 Å². The molecule has 0 saturated heterocycles. The minimum Gasteiger partial charge on any atom is -0.465 e. The zero-order valence-corrected chi connectivity index (χ0v) is 11.9. The highest BCUT2D eigenvalue weighted by molar-refractivity contribution is 5.92. The van der Waals surface area contributed by atoms with Crippen molar-refractivity contribution in [1.29, 1.82) is 0 Å². The average Bonchev–Trinajstić information content (AvgIpc) is 2.69. The van der Waals surface area contributed by atoms with Crippen LogP contribution in [0.4, 0.5) is 5.69 Å². The van der Waals surface area contributed by atoms with Crippen LogP contribution in [-0.4, -0.2) is 19.1 Å². The van der Waals surface area contributed by atoms with Gasteiger partial charge in [0.2, 0.25) is 0 Å². The summed E-state index contributed by atoms with van der Waals surface area (Å²) in [6.45, 7) is 1.98. The molecular weight excluding hydrogens is 238 g/mol. The van der Waals surface area contributed by atoms with Gasteiger partial charge in [-0.2, -0.15) is 0 Å². The molecule has 1 fully saturated rings. The predicted octanol–water partition coefficient (Wildman–Crippen LogP) is 3.92. The van der Waals surface area contributed by atoms with Crippen molar-refractivity contribution in [2.24, 2.45) is 0 Å². The van der Waals surface area contributed by atoms with Crippen LogP contribution in [0.1, 0.15) is 54.4 Å². The summed E-state index contributed by atoms with van der Waals surface area (Å²) in [7, 11) is 1.42. The molecule has 1 aliphatic carbocycles. The van der Waals surface area contributed by atoms with Crippen LogP contribution in [-0.2, 0) is 4.74 Å². The molecule has 1 N–H and O–H groups in total. The number of hydrogen-bond acceptors (Lipinski definition) is 3. The zero-order chi connectivity index (χ0) is 13.7. The molecule has 1 aliphatic rings. The Bertz CT molecular complexity index is 434. The molecule has 3 nitrogen and oxygen atoms in total. The Hall–Kier alpha value is -1.51. The van der Waals surface area contributed by atoms with Gasteiger partial charge in [-0.1, -0.05) is 31.7 Å². The number of anilines is 1. The molecule has 104 valence electrons. The predicted molar refractivity (Wildman–Crippen MR) is 77.6 cm³/mol. The van der Waals surface area contributed by atoms with Crippen LogP contribution in [0.3, 0.4) is 0 Å². The Morgan fingerprint density at radius 1 is 1.21 bits per heavy atom. The van der Waals surface area contributed by atoms with Crippen molar-refractivity contribution < 1.29 is 9.53 Å². The normalized spacial score (nSPS) is 16.7. The smallest absolute Gasteiger partial charge is 0.338 e. The number of nitrogens with one attached hydrogen (secondary N) is 1. The van der Waals surface area contributed by atoms with E-state index in [0.717, 1.165) is 11.3 Å². The highest BCUT2D eigenvalue weighted by Gasteiger charge is 2.15. The van der Waals surface area contributed by atoms with Crippen molar-refractivity contribution >= 4 is 11.7 Å². The second kappa shape index (κ2) is 6.60. The zero-order valence-electron chi connectivity index (χ0n) is 11.9. The lowest BCUT2D eigenvalue weighted by Crippen LogP contribution is -2.19. The third kappa shape index (κ3) is 3.49. The minimum atomic E-state index is -0.262. The summed E-state index contributed by atoms with van der Waals surface area (Å²) in [4.78, 5) is 11.7. The summed E-state index contributed by atoms with van der Waals surface area (Å²) < 4.78 is 4.82. The molecule has 2 rings (SSSR count). The molecule has 0 aromatic heterocycles. The molecule has 1 aromatic rings. The number of carbonyl (C=O) groups excluding carboxylic acids is 1. The second-order valence-corrected chi connectivity index (χ2v) is 5.30. The number of ether oxygens (including phenoxy) is 1. The third-order valence-corrected chi connectivity index (χ3v) is 3.95. The van der Waals surface area contributed by atoms with Crippen LogP contribution >= 0.6 is 0 Å². The van der Waals surface area contributed by atoms with E-state index < -0.39 is 0 Å². The first-order valence-electron chi connectivity index (χ1n) is 7.17. The monoisotopic (exact) mass is 261 g/mol. The highest BCUT2D eigenvalue weighted by atomic mass is 16.5. The number of benzene rings is 1. The van der Waals surface area contributed by atoms with Crippen molar-refractivity contribution in [2.75, 3.05) is 12.4 Å². The minimum absolute atomic E-state index is 0.262. The van der Waals surface area contributed by atoms with E-state index in [2.05, 4.69) is 5.32 Å². The number of carbonyl (C=O) groups is 1. The molecule has 19 heavy (non-hydrogen) atoms. The Kier molecular flexibility index (Phi) is 4.83. The fourth-order valence-electron chi connectivity index (χ4n) is 2.77. The van der Waals surface area contributed by atoms with Gasteiger partial charge < -0.3 is 10.1 Å². The Morgan fingerprint density at radius 3 is 2.53 bits per heavy atom. The van der Waals surface area contributed by atoms with Gasteiger partial charge >= 0.3 is 5.97 Å². The fourth-order valence-corrected chi connectivity index (χ4v) is 2.77. The Labute approximate surface area is 115 Å². The lowest BCUT2D eigenvalue weighted by molar-refractivity contribution is 0.0600. The summed E-state index contributed by atoms with van der Waals surface area (Å²) in [6.07, 6.45) is 7.74. The maximum absolute atomic E-state index is 11.7. The largest absolute Gasteiger partial charge is 0.465 e. The molecule has 0 spiro atoms. The average molecular weight is 261 g/mol. The van der Waals surface area contributed by atoms with Gasteiger partial charge in [0.1, 0.15) is 0 Å². The van der Waals surface area contributed by atoms with Gasteiger partial charge in [0.05, 0.1) is 12.7 Å². The van der Waals surface area contributed by atoms with Crippen molar-refractivity contribution in [2.45, 2.75) is 51.5 Å². The standard InChI is InChI=1S/C16H23NO2/c1-12-14(16(18)19-2)10-7-11-15(12)17-13-8-5-3-4-6-9-13/h7,10-11,13,17H,3-6,8-9H2,1-2H3. The topological polar surface area (TPSA) is 38.3 Å². The molecule has 0 bridgehead atoms. The summed E-state index contributed by atoms with van der Waals surface area (Å²) >= 11 is 0. The van der Waals surface area contributed by atoms with Gasteiger partial charge in [0.15, 0.2) is 0 Å². The first-order valence-corrected chi connectivity index (χ1v) is 7.17. The lowest BCUT2D eigenvalue weighted by Gasteiger charge is -2.20. The van der Waals surface area contributed by atoms with Gasteiger partial charge in [0.25, 0.3) is 0 Å². The Morgan fingerprint density at radius 2 is 1.89 bits per heavy atom. The van der Waals surface area contributed by atoms with Gasteiger partial charge in [-0.15, -0.1) is 0 Å². The number of rotatable bonds is 3. The number of methoxy groups -OCH3 is 1. The van der Waals surface area contributed by atoms with Crippen LogP contribution in [0.15, 0.2) is 18.2 Å². The van der Waals surface area contributed by atoms with Crippen LogP contribution in [0.5, 0.6) is 0 Å². The van der Waals surface area contributed by atoms with Crippen molar-refractivity contribution in [3.8, 4) is 0 Å². The third-order valence-electron chi connectivity index (χ3n) is 3.95. The van der Waals surface area contributed by atoms with Crippen LogP contribution in [0.25, 0.3) is 0 Å². The van der Waals surface area contributed by atoms with Gasteiger partial charge in [-0.05, 0) is 37.5 Å². The summed E-state index contributed by atoms with van der Waals surface area (Å²) in [5.41, 5.74) is 2.70. The van der Waals surface area contributed by atoms with Crippen LogP contribution < -0.4 is 5.32 Å². The van der Waals surface area contributed by atoms with Crippen molar-refractivity contribution in [3.05, 3.63) is 29.3 Å². The molecular formula is C16H23NO2. The van der Waals surface area contributed by atoms with E-state index in [1.165, 1.54) is 45.6 Å². The summed E-state index contributed by atoms with van der Waals surface area (Å²) in [5, 5.41) is 3.60. The number of esters is 1. The van der Waals surface area contributed by atoms with Crippen LogP contribution in [0.2, 0.25) is 0 Å². The van der Waals surface area contributed by atoms with E-state index in [4.69, 9.17) is 4.74 Å². The molecule has 0 radical (unpaired) electrons. The first-order chi connectivity index (χ1) is 9.22. The van der Waals surface area contributed by atoms with Gasteiger partial charge in [0, 0.05) is 11.7 Å². The quantitative estimate of drug-likeness (QED) is 0.662. The first kappa shape index (κ1) is 13.9. The van der Waals surface area contributed by atoms with E-state index in [9.17, 15) is 4.79 Å². The molecule has 1 saturated carbocycles. The van der Waals surface area contributed by atoms with E-state index in [1.54, 1.807) is 0 Å². The molecule has 0 aliphatic heterocycles. The fraction of sp³-hybridized carbons (Fsp3) is 0.562. The molecule has 0 atom stereocenters.